The van der Waals surface area contributed by atoms with Crippen LogP contribution in [0.25, 0.3) is 0 Å². The number of hydrogen-bond acceptors (Lipinski definition) is 4. The zero-order valence-electron chi connectivity index (χ0n) is 20.9. The highest BCUT2D eigenvalue weighted by Crippen LogP contribution is 2.39. The van der Waals surface area contributed by atoms with Crippen molar-refractivity contribution in [2.24, 2.45) is 5.41 Å². The number of benzene rings is 2. The van der Waals surface area contributed by atoms with Crippen LogP contribution in [0.5, 0.6) is 0 Å². The summed E-state index contributed by atoms with van der Waals surface area (Å²) >= 11 is 13.6. The van der Waals surface area contributed by atoms with E-state index >= 15 is 0 Å². The molecule has 0 bridgehead atoms. The number of carboxylic acid groups (broad SMARTS) is 1. The Bertz CT molecular complexity index is 1300. The van der Waals surface area contributed by atoms with Crippen molar-refractivity contribution in [2.75, 3.05) is 10.6 Å². The summed E-state index contributed by atoms with van der Waals surface area (Å²) in [6.45, 7) is 1.92. The molecule has 0 unspecified atom stereocenters. The van der Waals surface area contributed by atoms with Gasteiger partial charge in [0.05, 0.1) is 21.3 Å². The van der Waals surface area contributed by atoms with E-state index in [9.17, 15) is 19.5 Å². The van der Waals surface area contributed by atoms with Crippen LogP contribution in [0.3, 0.4) is 0 Å². The number of aliphatic carboxylic acids is 1. The summed E-state index contributed by atoms with van der Waals surface area (Å²) < 4.78 is 0. The van der Waals surface area contributed by atoms with Crippen molar-refractivity contribution in [3.63, 3.8) is 0 Å². The molecule has 0 radical (unpaired) electrons. The van der Waals surface area contributed by atoms with Gasteiger partial charge < -0.3 is 15.7 Å². The SMILES string of the molecule is CC1([C@H](NC(=O)c2cc(Cc3ccccc3)sc2NC(=O)Nc2c(Cl)cccc2Cl)C(=O)O)CCCCC1. The van der Waals surface area contributed by atoms with E-state index in [2.05, 4.69) is 16.0 Å². The fourth-order valence-corrected chi connectivity index (χ4v) is 6.42. The fourth-order valence-electron chi connectivity index (χ4n) is 4.84. The zero-order valence-corrected chi connectivity index (χ0v) is 23.2. The van der Waals surface area contributed by atoms with Crippen LogP contribution >= 0.6 is 34.5 Å². The normalized spacial score (nSPS) is 15.3. The van der Waals surface area contributed by atoms with E-state index in [1.165, 1.54) is 11.3 Å². The second-order valence-corrected chi connectivity index (χ2v) is 11.7. The standard InChI is InChI=1S/C28H29Cl2N3O4S/c1-28(13-6-3-7-14-28)23(26(35)36)32-24(34)19-16-18(15-17-9-4-2-5-10-17)38-25(19)33-27(37)31-22-20(29)11-8-12-21(22)30/h2,4-5,8-12,16,23H,3,6-7,13-15H2,1H3,(H,32,34)(H,35,36)(H2,31,33,37)/t23-/m1/s1. The highest BCUT2D eigenvalue weighted by molar-refractivity contribution is 7.16. The van der Waals surface area contributed by atoms with Crippen molar-refractivity contribution in [2.45, 2.75) is 51.5 Å². The Morgan fingerprint density at radius 3 is 2.26 bits per heavy atom. The van der Waals surface area contributed by atoms with Gasteiger partial charge in [0, 0.05) is 11.3 Å². The Morgan fingerprint density at radius 2 is 1.63 bits per heavy atom. The van der Waals surface area contributed by atoms with E-state index in [0.29, 0.717) is 11.4 Å². The number of carboxylic acids is 1. The van der Waals surface area contributed by atoms with Gasteiger partial charge in [-0.25, -0.2) is 9.59 Å². The first-order valence-electron chi connectivity index (χ1n) is 12.4. The van der Waals surface area contributed by atoms with Crippen molar-refractivity contribution in [1.29, 1.82) is 0 Å². The van der Waals surface area contributed by atoms with E-state index in [4.69, 9.17) is 23.2 Å². The predicted octanol–water partition coefficient (Wildman–Crippen LogP) is 7.44. The molecule has 0 aliphatic heterocycles. The Balaban J connectivity index is 1.60. The topological polar surface area (TPSA) is 108 Å². The molecular weight excluding hydrogens is 545 g/mol. The number of urea groups is 1. The quantitative estimate of drug-likeness (QED) is 0.224. The molecule has 0 saturated heterocycles. The van der Waals surface area contributed by atoms with Gasteiger partial charge in [-0.1, -0.05) is 85.8 Å². The number of amides is 3. The maximum absolute atomic E-state index is 13.5. The first-order chi connectivity index (χ1) is 18.2. The van der Waals surface area contributed by atoms with E-state index in [0.717, 1.165) is 42.5 Å². The van der Waals surface area contributed by atoms with Crippen LogP contribution in [0, 0.1) is 5.41 Å². The van der Waals surface area contributed by atoms with Crippen LogP contribution < -0.4 is 16.0 Å². The van der Waals surface area contributed by atoms with Gasteiger partial charge >= 0.3 is 12.0 Å². The summed E-state index contributed by atoms with van der Waals surface area (Å²) in [4.78, 5) is 39.5. The van der Waals surface area contributed by atoms with E-state index in [-0.39, 0.29) is 21.3 Å². The minimum Gasteiger partial charge on any atom is -0.480 e. The van der Waals surface area contributed by atoms with E-state index in [1.54, 1.807) is 24.3 Å². The first kappa shape index (κ1) is 28.0. The Kier molecular flexibility index (Phi) is 8.97. The molecule has 200 valence electrons. The third-order valence-corrected chi connectivity index (χ3v) is 8.57. The van der Waals surface area contributed by atoms with Gasteiger partial charge in [0.1, 0.15) is 11.0 Å². The molecule has 4 rings (SSSR count). The van der Waals surface area contributed by atoms with Crippen LogP contribution in [0.4, 0.5) is 15.5 Å². The maximum atomic E-state index is 13.5. The second-order valence-electron chi connectivity index (χ2n) is 9.75. The molecule has 1 atom stereocenters. The van der Waals surface area contributed by atoms with Crippen molar-refractivity contribution in [3.05, 3.63) is 80.6 Å². The van der Waals surface area contributed by atoms with Crippen LogP contribution in [-0.2, 0) is 11.2 Å². The summed E-state index contributed by atoms with van der Waals surface area (Å²) in [5.74, 6) is -1.62. The van der Waals surface area contributed by atoms with Crippen molar-refractivity contribution >= 4 is 63.1 Å². The third kappa shape index (κ3) is 6.67. The summed E-state index contributed by atoms with van der Waals surface area (Å²) in [7, 11) is 0. The molecule has 1 fully saturated rings. The minimum atomic E-state index is -1.07. The molecule has 38 heavy (non-hydrogen) atoms. The molecule has 1 heterocycles. The van der Waals surface area contributed by atoms with Gasteiger partial charge in [0.25, 0.3) is 5.91 Å². The number of nitrogens with one attached hydrogen (secondary N) is 3. The lowest BCUT2D eigenvalue weighted by Crippen LogP contribution is -2.52. The molecule has 7 nitrogen and oxygen atoms in total. The molecule has 10 heteroatoms. The van der Waals surface area contributed by atoms with Crippen molar-refractivity contribution in [3.8, 4) is 0 Å². The van der Waals surface area contributed by atoms with Gasteiger partial charge in [0.2, 0.25) is 0 Å². The van der Waals surface area contributed by atoms with Crippen LogP contribution in [0.2, 0.25) is 10.0 Å². The number of carbonyl (C=O) groups is 3. The monoisotopic (exact) mass is 573 g/mol. The lowest BCUT2D eigenvalue weighted by atomic mass is 9.70. The van der Waals surface area contributed by atoms with Crippen molar-refractivity contribution in [1.82, 2.24) is 5.32 Å². The van der Waals surface area contributed by atoms with Crippen molar-refractivity contribution < 1.29 is 19.5 Å². The first-order valence-corrected chi connectivity index (χ1v) is 14.0. The predicted molar refractivity (Wildman–Crippen MR) is 153 cm³/mol. The highest BCUT2D eigenvalue weighted by atomic mass is 35.5. The Hall–Kier alpha value is -3.07. The number of anilines is 2. The molecular formula is C28H29Cl2N3O4S. The van der Waals surface area contributed by atoms with Gasteiger partial charge in [0.15, 0.2) is 0 Å². The largest absolute Gasteiger partial charge is 0.480 e. The molecule has 1 aliphatic rings. The zero-order chi connectivity index (χ0) is 27.3. The minimum absolute atomic E-state index is 0.201. The molecule has 0 spiro atoms. The average Bonchev–Trinajstić information content (AvgIpc) is 3.27. The molecule has 3 aromatic rings. The number of carbonyl (C=O) groups excluding carboxylic acids is 2. The molecule has 1 saturated carbocycles. The van der Waals surface area contributed by atoms with Crippen LogP contribution in [0.1, 0.15) is 59.8 Å². The fraction of sp³-hybridized carbons (Fsp3) is 0.321. The number of thiophene rings is 1. The molecule has 3 amide bonds. The lowest BCUT2D eigenvalue weighted by molar-refractivity contribution is -0.143. The van der Waals surface area contributed by atoms with Crippen LogP contribution in [-0.4, -0.2) is 29.1 Å². The summed E-state index contributed by atoms with van der Waals surface area (Å²) in [6, 6.07) is 14.6. The number of rotatable bonds is 8. The summed E-state index contributed by atoms with van der Waals surface area (Å²) in [5, 5.41) is 19.0. The number of halogens is 2. The Labute approximate surface area is 235 Å². The van der Waals surface area contributed by atoms with Crippen LogP contribution in [0.15, 0.2) is 54.6 Å². The smallest absolute Gasteiger partial charge is 0.326 e. The second kappa shape index (κ2) is 12.2. The van der Waals surface area contributed by atoms with Gasteiger partial charge in [-0.15, -0.1) is 11.3 Å². The van der Waals surface area contributed by atoms with Gasteiger partial charge in [-0.2, -0.15) is 0 Å². The van der Waals surface area contributed by atoms with E-state index < -0.39 is 29.4 Å². The van der Waals surface area contributed by atoms with E-state index in [1.807, 2.05) is 37.3 Å². The highest BCUT2D eigenvalue weighted by Gasteiger charge is 2.41. The third-order valence-electron chi connectivity index (χ3n) is 6.89. The number of para-hydroxylation sites is 1. The Morgan fingerprint density at radius 1 is 0.974 bits per heavy atom. The maximum Gasteiger partial charge on any atom is 0.326 e. The summed E-state index contributed by atoms with van der Waals surface area (Å²) in [6.07, 6.45) is 4.90. The number of hydrogen-bond donors (Lipinski definition) is 4. The molecule has 4 N–H and O–H groups in total. The molecule has 1 aromatic heterocycles. The molecule has 2 aromatic carbocycles. The summed E-state index contributed by atoms with van der Waals surface area (Å²) in [5.41, 5.74) is 0.940. The lowest BCUT2D eigenvalue weighted by Gasteiger charge is -2.38. The van der Waals surface area contributed by atoms with Gasteiger partial charge in [-0.3, -0.25) is 10.1 Å². The molecule has 1 aliphatic carbocycles. The van der Waals surface area contributed by atoms with Gasteiger partial charge in [-0.05, 0) is 42.0 Å². The average molecular weight is 575 g/mol.